The second-order valence-corrected chi connectivity index (χ2v) is 5.26. The lowest BCUT2D eigenvalue weighted by molar-refractivity contribution is -0.150. The summed E-state index contributed by atoms with van der Waals surface area (Å²) >= 11 is 0. The van der Waals surface area contributed by atoms with E-state index >= 15 is 0 Å². The molecule has 2 N–H and O–H groups in total. The van der Waals surface area contributed by atoms with Crippen LogP contribution in [0, 0.1) is 0 Å². The molecule has 0 aliphatic carbocycles. The first-order valence-corrected chi connectivity index (χ1v) is 7.57. The Morgan fingerprint density at radius 1 is 1.37 bits per heavy atom. The molecule has 5 nitrogen and oxygen atoms in total. The van der Waals surface area contributed by atoms with E-state index in [9.17, 15) is 4.79 Å². The van der Waals surface area contributed by atoms with Crippen LogP contribution < -0.4 is 10.3 Å². The summed E-state index contributed by atoms with van der Waals surface area (Å²) in [5.41, 5.74) is 5.53. The SMILES string of the molecule is CCOC(=O)[C@@H](C)OP(CCN)Oc1ccccc1. The third kappa shape index (κ3) is 6.01. The minimum absolute atomic E-state index is 0.334. The zero-order valence-electron chi connectivity index (χ0n) is 11.2. The van der Waals surface area contributed by atoms with Gasteiger partial charge in [-0.15, -0.1) is 0 Å². The van der Waals surface area contributed by atoms with Crippen LogP contribution in [0.3, 0.4) is 0 Å². The Morgan fingerprint density at radius 3 is 2.63 bits per heavy atom. The van der Waals surface area contributed by atoms with Gasteiger partial charge in [0.1, 0.15) is 5.75 Å². The predicted octanol–water partition coefficient (Wildman–Crippen LogP) is 2.30. The summed E-state index contributed by atoms with van der Waals surface area (Å²) in [6.07, 6.45) is -0.0881. The number of carbonyl (C=O) groups is 1. The minimum atomic E-state index is -1.25. The third-order valence-corrected chi connectivity index (χ3v) is 3.75. The predicted molar refractivity (Wildman–Crippen MR) is 75.1 cm³/mol. The first kappa shape index (κ1) is 15.9. The molecule has 1 aromatic rings. The number of nitrogens with two attached hydrogens (primary N) is 1. The van der Waals surface area contributed by atoms with Crippen LogP contribution in [-0.2, 0) is 14.1 Å². The highest BCUT2D eigenvalue weighted by Crippen LogP contribution is 2.40. The highest BCUT2D eigenvalue weighted by molar-refractivity contribution is 7.47. The average Bonchev–Trinajstić information content (AvgIpc) is 2.40. The van der Waals surface area contributed by atoms with E-state index in [1.54, 1.807) is 13.8 Å². The Balaban J connectivity index is 2.55. The maximum absolute atomic E-state index is 11.5. The molecule has 0 heterocycles. The first-order chi connectivity index (χ1) is 9.17. The number of hydrogen-bond donors (Lipinski definition) is 1. The maximum atomic E-state index is 11.5. The van der Waals surface area contributed by atoms with Crippen LogP contribution in [0.4, 0.5) is 0 Å². The molecule has 0 fully saturated rings. The molecular formula is C13H20NO4P. The molecule has 1 rings (SSSR count). The Morgan fingerprint density at radius 2 is 2.05 bits per heavy atom. The Hall–Kier alpha value is -1.16. The Labute approximate surface area is 115 Å². The zero-order valence-corrected chi connectivity index (χ0v) is 12.1. The lowest BCUT2D eigenvalue weighted by Gasteiger charge is -2.20. The number of hydrogen-bond acceptors (Lipinski definition) is 5. The number of ether oxygens (including phenoxy) is 1. The van der Waals surface area contributed by atoms with Gasteiger partial charge in [0.05, 0.1) is 6.61 Å². The van der Waals surface area contributed by atoms with Crippen LogP contribution >= 0.6 is 8.38 Å². The molecule has 106 valence electrons. The van der Waals surface area contributed by atoms with Crippen molar-refractivity contribution in [2.24, 2.45) is 5.73 Å². The van der Waals surface area contributed by atoms with Crippen molar-refractivity contribution in [3.05, 3.63) is 30.3 Å². The minimum Gasteiger partial charge on any atom is -0.464 e. The van der Waals surface area contributed by atoms with E-state index in [-0.39, 0.29) is 5.97 Å². The summed E-state index contributed by atoms with van der Waals surface area (Å²) in [4.78, 5) is 11.5. The van der Waals surface area contributed by atoms with Gasteiger partial charge in [-0.25, -0.2) is 4.79 Å². The molecule has 0 amide bonds. The van der Waals surface area contributed by atoms with Crippen molar-refractivity contribution in [3.8, 4) is 5.75 Å². The molecule has 1 aromatic carbocycles. The van der Waals surface area contributed by atoms with Crippen LogP contribution in [0.2, 0.25) is 0 Å². The van der Waals surface area contributed by atoms with E-state index in [1.165, 1.54) is 0 Å². The quantitative estimate of drug-likeness (QED) is 0.586. The molecule has 6 heteroatoms. The molecular weight excluding hydrogens is 265 g/mol. The molecule has 0 saturated carbocycles. The van der Waals surface area contributed by atoms with Gasteiger partial charge in [-0.05, 0) is 26.0 Å². The lowest BCUT2D eigenvalue weighted by Crippen LogP contribution is -2.23. The van der Waals surface area contributed by atoms with Gasteiger partial charge < -0.3 is 19.5 Å². The van der Waals surface area contributed by atoms with E-state index < -0.39 is 14.5 Å². The van der Waals surface area contributed by atoms with Gasteiger partial charge in [-0.2, -0.15) is 0 Å². The van der Waals surface area contributed by atoms with Crippen molar-refractivity contribution in [1.29, 1.82) is 0 Å². The highest BCUT2D eigenvalue weighted by atomic mass is 31.2. The van der Waals surface area contributed by atoms with Crippen molar-refractivity contribution in [3.63, 3.8) is 0 Å². The number of rotatable bonds is 8. The molecule has 0 aromatic heterocycles. The van der Waals surface area contributed by atoms with Gasteiger partial charge in [0.2, 0.25) is 8.38 Å². The second-order valence-electron chi connectivity index (χ2n) is 3.75. The molecule has 0 spiro atoms. The van der Waals surface area contributed by atoms with Crippen LogP contribution in [0.15, 0.2) is 30.3 Å². The van der Waals surface area contributed by atoms with Crippen LogP contribution in [0.25, 0.3) is 0 Å². The zero-order chi connectivity index (χ0) is 14.1. The van der Waals surface area contributed by atoms with Crippen LogP contribution in [0.5, 0.6) is 5.75 Å². The smallest absolute Gasteiger partial charge is 0.335 e. The van der Waals surface area contributed by atoms with Crippen LogP contribution in [-0.4, -0.2) is 31.4 Å². The summed E-state index contributed by atoms with van der Waals surface area (Å²) in [7, 11) is -1.25. The molecule has 2 atom stereocenters. The molecule has 0 saturated heterocycles. The van der Waals surface area contributed by atoms with Gasteiger partial charge in [-0.3, -0.25) is 0 Å². The van der Waals surface area contributed by atoms with Crippen molar-refractivity contribution in [2.75, 3.05) is 19.3 Å². The third-order valence-electron chi connectivity index (χ3n) is 2.16. The Kier molecular flexibility index (Phi) is 7.41. The fourth-order valence-electron chi connectivity index (χ4n) is 1.30. The standard InChI is InChI=1S/C13H20NO4P/c1-3-16-13(15)11(2)17-19(10-9-14)18-12-7-5-4-6-8-12/h4-8,11H,3,9-10,14H2,1-2H3/t11-,19?/m1/s1. The Bertz CT molecular complexity index is 374. The number of carbonyl (C=O) groups excluding carboxylic acids is 1. The summed E-state index contributed by atoms with van der Waals surface area (Å²) in [6, 6.07) is 9.33. The van der Waals surface area contributed by atoms with Gasteiger partial charge in [0, 0.05) is 12.7 Å². The average molecular weight is 285 g/mol. The van der Waals surface area contributed by atoms with Crippen molar-refractivity contribution >= 4 is 14.3 Å². The fraction of sp³-hybridized carbons (Fsp3) is 0.462. The van der Waals surface area contributed by atoms with Crippen LogP contribution in [0.1, 0.15) is 13.8 Å². The topological polar surface area (TPSA) is 70.8 Å². The summed E-state index contributed by atoms with van der Waals surface area (Å²) in [5.74, 6) is 0.321. The van der Waals surface area contributed by atoms with E-state index in [4.69, 9.17) is 19.5 Å². The molecule has 0 radical (unpaired) electrons. The lowest BCUT2D eigenvalue weighted by atomic mass is 10.3. The number of para-hydroxylation sites is 1. The maximum Gasteiger partial charge on any atom is 0.335 e. The van der Waals surface area contributed by atoms with E-state index in [0.717, 1.165) is 0 Å². The van der Waals surface area contributed by atoms with E-state index in [2.05, 4.69) is 0 Å². The molecule has 0 aliphatic heterocycles. The largest absolute Gasteiger partial charge is 0.464 e. The molecule has 1 unspecified atom stereocenters. The molecule has 0 bridgehead atoms. The van der Waals surface area contributed by atoms with Crippen molar-refractivity contribution < 1.29 is 18.6 Å². The van der Waals surface area contributed by atoms with Gasteiger partial charge >= 0.3 is 5.97 Å². The van der Waals surface area contributed by atoms with Gasteiger partial charge in [0.15, 0.2) is 6.10 Å². The van der Waals surface area contributed by atoms with E-state index in [0.29, 0.717) is 25.1 Å². The summed E-state index contributed by atoms with van der Waals surface area (Å²) in [6.45, 7) is 4.18. The van der Waals surface area contributed by atoms with Crippen molar-refractivity contribution in [1.82, 2.24) is 0 Å². The monoisotopic (exact) mass is 285 g/mol. The second kappa shape index (κ2) is 8.86. The summed E-state index contributed by atoms with van der Waals surface area (Å²) < 4.78 is 16.2. The van der Waals surface area contributed by atoms with Crippen molar-refractivity contribution in [2.45, 2.75) is 20.0 Å². The number of esters is 1. The van der Waals surface area contributed by atoms with Gasteiger partial charge in [-0.1, -0.05) is 18.2 Å². The molecule has 0 aliphatic rings. The summed E-state index contributed by atoms with van der Waals surface area (Å²) in [5, 5.41) is 0. The van der Waals surface area contributed by atoms with Gasteiger partial charge in [0.25, 0.3) is 0 Å². The normalized spacial score (nSPS) is 13.6. The number of benzene rings is 1. The first-order valence-electron chi connectivity index (χ1n) is 6.21. The fourth-order valence-corrected chi connectivity index (χ4v) is 2.55. The van der Waals surface area contributed by atoms with E-state index in [1.807, 2.05) is 30.3 Å². The highest BCUT2D eigenvalue weighted by Gasteiger charge is 2.22. The molecule has 19 heavy (non-hydrogen) atoms.